The first-order valence-corrected chi connectivity index (χ1v) is 5.94. The molecular weight excluding hydrogens is 240 g/mol. The van der Waals surface area contributed by atoms with Crippen molar-refractivity contribution in [2.75, 3.05) is 0 Å². The average Bonchev–Trinajstić information content (AvgIpc) is 2.48. The number of hydrogen-bond donors (Lipinski definition) is 1. The van der Waals surface area contributed by atoms with Gasteiger partial charge in [0.05, 0.1) is 12.1 Å². The van der Waals surface area contributed by atoms with Crippen LogP contribution in [0.4, 0.5) is 0 Å². The van der Waals surface area contributed by atoms with Gasteiger partial charge in [0, 0.05) is 29.4 Å². The van der Waals surface area contributed by atoms with Gasteiger partial charge >= 0.3 is 0 Å². The van der Waals surface area contributed by atoms with Gasteiger partial charge in [-0.05, 0) is 30.3 Å². The summed E-state index contributed by atoms with van der Waals surface area (Å²) in [5.74, 6) is 1.07. The standard InChI is InChI=1S/C15H12N2O2/c18-10-12-4-2-8-17-15(12)19-13-6-5-11-3-1-7-16-14(11)9-13/h1-9,18H,10H2. The molecule has 1 N–H and O–H groups in total. The van der Waals surface area contributed by atoms with E-state index in [4.69, 9.17) is 4.74 Å². The van der Waals surface area contributed by atoms with Crippen LogP contribution in [0.5, 0.6) is 11.6 Å². The van der Waals surface area contributed by atoms with Gasteiger partial charge in [-0.2, -0.15) is 0 Å². The van der Waals surface area contributed by atoms with Crippen molar-refractivity contribution < 1.29 is 9.84 Å². The smallest absolute Gasteiger partial charge is 0.224 e. The summed E-state index contributed by atoms with van der Waals surface area (Å²) in [6, 6.07) is 13.1. The normalized spacial score (nSPS) is 10.6. The van der Waals surface area contributed by atoms with E-state index in [2.05, 4.69) is 9.97 Å². The molecule has 3 rings (SSSR count). The molecule has 0 amide bonds. The fraction of sp³-hybridized carbons (Fsp3) is 0.0667. The number of ether oxygens (including phenoxy) is 1. The van der Waals surface area contributed by atoms with Crippen molar-refractivity contribution in [2.24, 2.45) is 0 Å². The molecule has 0 atom stereocenters. The minimum atomic E-state index is -0.102. The van der Waals surface area contributed by atoms with Crippen LogP contribution in [0.25, 0.3) is 10.9 Å². The highest BCUT2D eigenvalue weighted by Gasteiger charge is 2.05. The van der Waals surface area contributed by atoms with E-state index in [1.54, 1.807) is 24.5 Å². The first-order valence-electron chi connectivity index (χ1n) is 5.94. The second kappa shape index (κ2) is 5.04. The molecule has 19 heavy (non-hydrogen) atoms. The maximum atomic E-state index is 9.24. The van der Waals surface area contributed by atoms with Gasteiger partial charge in [-0.15, -0.1) is 0 Å². The molecule has 0 unspecified atom stereocenters. The molecule has 0 radical (unpaired) electrons. The van der Waals surface area contributed by atoms with Crippen molar-refractivity contribution in [2.45, 2.75) is 6.61 Å². The topological polar surface area (TPSA) is 55.2 Å². The lowest BCUT2D eigenvalue weighted by atomic mass is 10.2. The van der Waals surface area contributed by atoms with E-state index in [0.717, 1.165) is 10.9 Å². The molecule has 0 aliphatic heterocycles. The fourth-order valence-corrected chi connectivity index (χ4v) is 1.86. The van der Waals surface area contributed by atoms with Gasteiger partial charge in [0.15, 0.2) is 0 Å². The summed E-state index contributed by atoms with van der Waals surface area (Å²) in [7, 11) is 0. The van der Waals surface area contributed by atoms with Crippen LogP contribution in [-0.4, -0.2) is 15.1 Å². The quantitative estimate of drug-likeness (QED) is 0.778. The van der Waals surface area contributed by atoms with Crippen LogP contribution >= 0.6 is 0 Å². The lowest BCUT2D eigenvalue weighted by molar-refractivity contribution is 0.275. The lowest BCUT2D eigenvalue weighted by Gasteiger charge is -2.08. The third kappa shape index (κ3) is 2.39. The van der Waals surface area contributed by atoms with Crippen molar-refractivity contribution in [3.8, 4) is 11.6 Å². The minimum absolute atomic E-state index is 0.102. The Morgan fingerprint density at radius 3 is 2.74 bits per heavy atom. The number of aliphatic hydroxyl groups excluding tert-OH is 1. The third-order valence-electron chi connectivity index (χ3n) is 2.81. The summed E-state index contributed by atoms with van der Waals surface area (Å²) >= 11 is 0. The molecule has 0 saturated carbocycles. The van der Waals surface area contributed by atoms with Crippen LogP contribution in [-0.2, 0) is 6.61 Å². The van der Waals surface area contributed by atoms with Gasteiger partial charge < -0.3 is 9.84 Å². The highest BCUT2D eigenvalue weighted by molar-refractivity contribution is 5.79. The van der Waals surface area contributed by atoms with E-state index in [-0.39, 0.29) is 6.61 Å². The number of rotatable bonds is 3. The molecule has 0 spiro atoms. The highest BCUT2D eigenvalue weighted by Crippen LogP contribution is 2.25. The van der Waals surface area contributed by atoms with Crippen molar-refractivity contribution in [1.29, 1.82) is 0 Å². The second-order valence-electron chi connectivity index (χ2n) is 4.09. The largest absolute Gasteiger partial charge is 0.439 e. The highest BCUT2D eigenvalue weighted by atomic mass is 16.5. The Morgan fingerprint density at radius 2 is 1.84 bits per heavy atom. The molecule has 4 heteroatoms. The molecular formula is C15H12N2O2. The van der Waals surface area contributed by atoms with E-state index >= 15 is 0 Å². The van der Waals surface area contributed by atoms with Crippen LogP contribution in [0.3, 0.4) is 0 Å². The first kappa shape index (κ1) is 11.6. The Labute approximate surface area is 110 Å². The summed E-state index contributed by atoms with van der Waals surface area (Å²) in [6.45, 7) is -0.102. The molecule has 0 aliphatic carbocycles. The Morgan fingerprint density at radius 1 is 1.00 bits per heavy atom. The van der Waals surface area contributed by atoms with E-state index in [1.807, 2.05) is 30.3 Å². The SMILES string of the molecule is OCc1cccnc1Oc1ccc2cccnc2c1. The average molecular weight is 252 g/mol. The number of aromatic nitrogens is 2. The first-order chi connectivity index (χ1) is 9.36. The van der Waals surface area contributed by atoms with Gasteiger partial charge in [0.2, 0.25) is 5.88 Å². The van der Waals surface area contributed by atoms with Gasteiger partial charge in [0.1, 0.15) is 5.75 Å². The van der Waals surface area contributed by atoms with Gasteiger partial charge in [-0.25, -0.2) is 4.98 Å². The van der Waals surface area contributed by atoms with Crippen LogP contribution in [0.2, 0.25) is 0 Å². The van der Waals surface area contributed by atoms with Crippen LogP contribution in [0.15, 0.2) is 54.9 Å². The second-order valence-corrected chi connectivity index (χ2v) is 4.09. The summed E-state index contributed by atoms with van der Waals surface area (Å²) in [4.78, 5) is 8.40. The maximum Gasteiger partial charge on any atom is 0.224 e. The van der Waals surface area contributed by atoms with Crippen LogP contribution in [0.1, 0.15) is 5.56 Å². The van der Waals surface area contributed by atoms with E-state index < -0.39 is 0 Å². The number of fused-ring (bicyclic) bond motifs is 1. The molecule has 3 aromatic rings. The molecule has 2 heterocycles. The summed E-state index contributed by atoms with van der Waals surface area (Å²) in [5, 5.41) is 10.3. The molecule has 0 fully saturated rings. The molecule has 1 aromatic carbocycles. The Kier molecular flexibility index (Phi) is 3.08. The number of pyridine rings is 2. The number of nitrogens with zero attached hydrogens (tertiary/aromatic N) is 2. The monoisotopic (exact) mass is 252 g/mol. The number of aliphatic hydroxyl groups is 1. The number of benzene rings is 1. The molecule has 0 saturated heterocycles. The Balaban J connectivity index is 1.96. The van der Waals surface area contributed by atoms with Gasteiger partial charge in [-0.3, -0.25) is 4.98 Å². The lowest BCUT2D eigenvalue weighted by Crippen LogP contribution is -1.94. The predicted molar refractivity (Wildman–Crippen MR) is 72.0 cm³/mol. The summed E-state index contributed by atoms with van der Waals surface area (Å²) in [6.07, 6.45) is 3.37. The maximum absolute atomic E-state index is 9.24. The molecule has 4 nitrogen and oxygen atoms in total. The Bertz CT molecular complexity index is 713. The molecule has 94 valence electrons. The minimum Gasteiger partial charge on any atom is -0.439 e. The summed E-state index contributed by atoms with van der Waals surface area (Å²) in [5.41, 5.74) is 1.52. The van der Waals surface area contributed by atoms with Gasteiger partial charge in [0.25, 0.3) is 0 Å². The van der Waals surface area contributed by atoms with Crippen molar-refractivity contribution in [3.63, 3.8) is 0 Å². The van der Waals surface area contributed by atoms with Crippen molar-refractivity contribution in [1.82, 2.24) is 9.97 Å². The Hall–Kier alpha value is -2.46. The van der Waals surface area contributed by atoms with E-state index in [0.29, 0.717) is 17.2 Å². The van der Waals surface area contributed by atoms with Crippen LogP contribution in [0, 0.1) is 0 Å². The molecule has 0 bridgehead atoms. The predicted octanol–water partition coefficient (Wildman–Crippen LogP) is 2.91. The summed E-state index contributed by atoms with van der Waals surface area (Å²) < 4.78 is 5.70. The van der Waals surface area contributed by atoms with Crippen LogP contribution < -0.4 is 4.74 Å². The van der Waals surface area contributed by atoms with Gasteiger partial charge in [-0.1, -0.05) is 6.07 Å². The zero-order valence-corrected chi connectivity index (χ0v) is 10.2. The fourth-order valence-electron chi connectivity index (χ4n) is 1.86. The molecule has 0 aliphatic rings. The number of hydrogen-bond acceptors (Lipinski definition) is 4. The van der Waals surface area contributed by atoms with Crippen molar-refractivity contribution in [3.05, 3.63) is 60.4 Å². The molecule has 2 aromatic heterocycles. The van der Waals surface area contributed by atoms with Crippen molar-refractivity contribution >= 4 is 10.9 Å². The zero-order chi connectivity index (χ0) is 13.1. The zero-order valence-electron chi connectivity index (χ0n) is 10.2. The third-order valence-corrected chi connectivity index (χ3v) is 2.81. The van der Waals surface area contributed by atoms with E-state index in [9.17, 15) is 5.11 Å². The van der Waals surface area contributed by atoms with E-state index in [1.165, 1.54) is 0 Å².